The van der Waals surface area contributed by atoms with Crippen LogP contribution in [-0.2, 0) is 7.05 Å². The number of H-pyrrole nitrogens is 1. The second-order valence-electron chi connectivity index (χ2n) is 7.98. The van der Waals surface area contributed by atoms with Crippen molar-refractivity contribution in [1.29, 1.82) is 0 Å². The van der Waals surface area contributed by atoms with Crippen LogP contribution in [-0.4, -0.2) is 35.4 Å². The number of rotatable bonds is 4. The zero-order valence-electron chi connectivity index (χ0n) is 17.9. The zero-order chi connectivity index (χ0) is 22.5. The molecule has 0 radical (unpaired) electrons. The smallest absolute Gasteiger partial charge is 0.251 e. The Morgan fingerprint density at radius 1 is 1.12 bits per heavy atom. The van der Waals surface area contributed by atoms with Gasteiger partial charge in [0.25, 0.3) is 5.91 Å². The topological polar surface area (TPSA) is 101 Å². The molecule has 0 aliphatic heterocycles. The summed E-state index contributed by atoms with van der Waals surface area (Å²) in [5.74, 6) is -0.132. The minimum Gasteiger partial charge on any atom is -0.346 e. The molecule has 9 heteroatoms. The van der Waals surface area contributed by atoms with Crippen molar-refractivity contribution < 1.29 is 4.79 Å². The van der Waals surface area contributed by atoms with E-state index in [1.54, 1.807) is 36.3 Å². The molecule has 8 nitrogen and oxygen atoms in total. The third-order valence-electron chi connectivity index (χ3n) is 5.77. The number of thiazole rings is 1. The van der Waals surface area contributed by atoms with Crippen LogP contribution in [0, 0.1) is 0 Å². The fourth-order valence-electron chi connectivity index (χ4n) is 4.01. The number of fused-ring (bicyclic) bond motifs is 4. The molecule has 0 saturated carbocycles. The first-order valence-electron chi connectivity index (χ1n) is 10.5. The molecule has 2 N–H and O–H groups in total. The molecule has 2 aromatic carbocycles. The molecule has 6 rings (SSSR count). The molecule has 0 aliphatic carbocycles. The fourth-order valence-corrected chi connectivity index (χ4v) is 4.92. The number of aromatic nitrogens is 6. The van der Waals surface area contributed by atoms with Crippen molar-refractivity contribution in [2.45, 2.75) is 13.0 Å². The van der Waals surface area contributed by atoms with Gasteiger partial charge in [-0.1, -0.05) is 29.5 Å². The highest BCUT2D eigenvalue weighted by Gasteiger charge is 2.16. The number of nitrogens with zero attached hydrogens (tertiary/aromatic N) is 5. The average Bonchev–Trinajstić information content (AvgIpc) is 3.56. The molecule has 1 atom stereocenters. The Hall–Kier alpha value is -4.11. The molecule has 33 heavy (non-hydrogen) atoms. The monoisotopic (exact) mass is 453 g/mol. The van der Waals surface area contributed by atoms with Gasteiger partial charge in [-0.05, 0) is 36.8 Å². The Labute approximate surface area is 192 Å². The van der Waals surface area contributed by atoms with Gasteiger partial charge in [-0.25, -0.2) is 19.9 Å². The third kappa shape index (κ3) is 3.33. The summed E-state index contributed by atoms with van der Waals surface area (Å²) in [5, 5.41) is 3.97. The molecule has 1 amide bonds. The SMILES string of the molecule is C[C@H](NC(=O)c1ccc2nc[nH]c2c1)c1cccc(-c2nc3c(ncc4ncn(C)c43)s2)c1. The van der Waals surface area contributed by atoms with Crippen LogP contribution >= 0.6 is 11.3 Å². The van der Waals surface area contributed by atoms with Gasteiger partial charge >= 0.3 is 0 Å². The maximum absolute atomic E-state index is 12.8. The van der Waals surface area contributed by atoms with Crippen LogP contribution in [0.4, 0.5) is 0 Å². The van der Waals surface area contributed by atoms with Crippen LogP contribution in [0.3, 0.4) is 0 Å². The number of hydrogen-bond acceptors (Lipinski definition) is 6. The summed E-state index contributed by atoms with van der Waals surface area (Å²) in [4.78, 5) is 34.7. The Balaban J connectivity index is 1.29. The number of amides is 1. The Bertz CT molecular complexity index is 1660. The van der Waals surface area contributed by atoms with E-state index in [1.807, 2.05) is 48.9 Å². The van der Waals surface area contributed by atoms with Gasteiger partial charge in [-0.2, -0.15) is 0 Å². The number of aromatic amines is 1. The zero-order valence-corrected chi connectivity index (χ0v) is 18.7. The maximum atomic E-state index is 12.8. The standard InChI is InChI=1S/C24H19N7OS/c1-13(29-22(32)15-6-7-17-18(9-15)27-11-26-17)14-4-3-5-16(8-14)23-30-20-21-19(28-12-31(21)2)10-25-24(20)33-23/h3-13H,1-2H3,(H,26,27)(H,29,32)/t13-/m0/s1. The van der Waals surface area contributed by atoms with E-state index in [2.05, 4.69) is 31.3 Å². The van der Waals surface area contributed by atoms with E-state index in [9.17, 15) is 4.79 Å². The van der Waals surface area contributed by atoms with Gasteiger partial charge in [0.2, 0.25) is 0 Å². The van der Waals surface area contributed by atoms with Gasteiger partial charge in [0, 0.05) is 18.2 Å². The van der Waals surface area contributed by atoms with Gasteiger partial charge in [-0.15, -0.1) is 0 Å². The molecule has 0 fully saturated rings. The minimum atomic E-state index is -0.175. The van der Waals surface area contributed by atoms with Crippen LogP contribution in [0.25, 0.3) is 43.0 Å². The number of imidazole rings is 2. The molecule has 0 aliphatic rings. The average molecular weight is 454 g/mol. The van der Waals surface area contributed by atoms with Crippen LogP contribution in [0.15, 0.2) is 61.3 Å². The lowest BCUT2D eigenvalue weighted by Gasteiger charge is -2.15. The first-order chi connectivity index (χ1) is 16.1. The van der Waals surface area contributed by atoms with Crippen LogP contribution < -0.4 is 5.32 Å². The van der Waals surface area contributed by atoms with Crippen molar-refractivity contribution in [3.05, 3.63) is 72.4 Å². The second kappa shape index (κ2) is 7.49. The fraction of sp³-hybridized carbons (Fsp3) is 0.125. The predicted octanol–water partition coefficient (Wildman–Crippen LogP) is 4.61. The number of carbonyl (C=O) groups excluding carboxylic acids is 1. The number of carbonyl (C=O) groups is 1. The van der Waals surface area contributed by atoms with Gasteiger partial charge in [0.05, 0.1) is 41.4 Å². The molecule has 0 bridgehead atoms. The van der Waals surface area contributed by atoms with Crippen molar-refractivity contribution in [2.24, 2.45) is 7.05 Å². The molecule has 4 aromatic heterocycles. The normalized spacial score (nSPS) is 12.5. The summed E-state index contributed by atoms with van der Waals surface area (Å²) >= 11 is 1.55. The number of benzene rings is 2. The molecule has 0 unspecified atom stereocenters. The summed E-state index contributed by atoms with van der Waals surface area (Å²) in [6, 6.07) is 13.4. The number of nitrogens with one attached hydrogen (secondary N) is 2. The number of aryl methyl sites for hydroxylation is 1. The molecule has 6 aromatic rings. The van der Waals surface area contributed by atoms with Crippen molar-refractivity contribution in [3.8, 4) is 10.6 Å². The molecule has 0 spiro atoms. The second-order valence-corrected chi connectivity index (χ2v) is 8.95. The maximum Gasteiger partial charge on any atom is 0.251 e. The summed E-state index contributed by atoms with van der Waals surface area (Å²) in [5.41, 5.74) is 6.92. The Kier molecular flexibility index (Phi) is 4.44. The lowest BCUT2D eigenvalue weighted by atomic mass is 10.0. The Morgan fingerprint density at radius 2 is 2.03 bits per heavy atom. The summed E-state index contributed by atoms with van der Waals surface area (Å²) in [6.45, 7) is 1.98. The summed E-state index contributed by atoms with van der Waals surface area (Å²) in [7, 11) is 1.96. The molecular weight excluding hydrogens is 434 g/mol. The first kappa shape index (κ1) is 19.6. The van der Waals surface area contributed by atoms with Gasteiger partial charge < -0.3 is 14.9 Å². The predicted molar refractivity (Wildman–Crippen MR) is 129 cm³/mol. The van der Waals surface area contributed by atoms with E-state index in [0.717, 1.165) is 48.5 Å². The highest BCUT2D eigenvalue weighted by atomic mass is 32.1. The highest BCUT2D eigenvalue weighted by Crippen LogP contribution is 2.33. The van der Waals surface area contributed by atoms with E-state index >= 15 is 0 Å². The van der Waals surface area contributed by atoms with Crippen LogP contribution in [0.2, 0.25) is 0 Å². The van der Waals surface area contributed by atoms with E-state index < -0.39 is 0 Å². The minimum absolute atomic E-state index is 0.132. The van der Waals surface area contributed by atoms with E-state index in [-0.39, 0.29) is 11.9 Å². The van der Waals surface area contributed by atoms with Crippen LogP contribution in [0.1, 0.15) is 28.9 Å². The quantitative estimate of drug-likeness (QED) is 0.406. The van der Waals surface area contributed by atoms with E-state index in [1.165, 1.54) is 0 Å². The molecule has 0 saturated heterocycles. The van der Waals surface area contributed by atoms with Gasteiger partial charge in [0.1, 0.15) is 20.9 Å². The van der Waals surface area contributed by atoms with Crippen molar-refractivity contribution >= 4 is 49.7 Å². The summed E-state index contributed by atoms with van der Waals surface area (Å²) in [6.07, 6.45) is 5.19. The van der Waals surface area contributed by atoms with Crippen molar-refractivity contribution in [2.75, 3.05) is 0 Å². The Morgan fingerprint density at radius 3 is 2.94 bits per heavy atom. The third-order valence-corrected chi connectivity index (χ3v) is 6.78. The molecular formula is C24H19N7OS. The van der Waals surface area contributed by atoms with Gasteiger partial charge in [0.15, 0.2) is 0 Å². The highest BCUT2D eigenvalue weighted by molar-refractivity contribution is 7.21. The van der Waals surface area contributed by atoms with Crippen molar-refractivity contribution in [1.82, 2.24) is 34.8 Å². The lowest BCUT2D eigenvalue weighted by Crippen LogP contribution is -2.26. The number of hydrogen-bond donors (Lipinski definition) is 2. The lowest BCUT2D eigenvalue weighted by molar-refractivity contribution is 0.0940. The molecule has 4 heterocycles. The largest absolute Gasteiger partial charge is 0.346 e. The van der Waals surface area contributed by atoms with Crippen LogP contribution in [0.5, 0.6) is 0 Å². The first-order valence-corrected chi connectivity index (χ1v) is 11.3. The summed E-state index contributed by atoms with van der Waals surface area (Å²) < 4.78 is 1.97. The van der Waals surface area contributed by atoms with Crippen molar-refractivity contribution in [3.63, 3.8) is 0 Å². The molecule has 162 valence electrons. The van der Waals surface area contributed by atoms with E-state index in [4.69, 9.17) is 4.98 Å². The number of pyridine rings is 1. The van der Waals surface area contributed by atoms with Gasteiger partial charge in [-0.3, -0.25) is 4.79 Å². The van der Waals surface area contributed by atoms with E-state index in [0.29, 0.717) is 5.56 Å².